The van der Waals surface area contributed by atoms with E-state index in [1.165, 1.54) is 5.56 Å². The lowest BCUT2D eigenvalue weighted by Gasteiger charge is -2.01. The van der Waals surface area contributed by atoms with Gasteiger partial charge in [0.25, 0.3) is 0 Å². The number of ether oxygens (including phenoxy) is 1. The van der Waals surface area contributed by atoms with Crippen molar-refractivity contribution >= 4 is 29.3 Å². The van der Waals surface area contributed by atoms with Gasteiger partial charge in [-0.3, -0.25) is 0 Å². The Bertz CT molecular complexity index is 697. The van der Waals surface area contributed by atoms with Crippen LogP contribution in [0.3, 0.4) is 0 Å². The predicted octanol–water partition coefficient (Wildman–Crippen LogP) is 4.05. The van der Waals surface area contributed by atoms with Gasteiger partial charge >= 0.3 is 5.97 Å². The number of cyclic esters (lactones) is 1. The average molecular weight is 297 g/mol. The van der Waals surface area contributed by atoms with Crippen molar-refractivity contribution in [2.24, 2.45) is 4.99 Å². The number of thiophene rings is 1. The van der Waals surface area contributed by atoms with Gasteiger partial charge in [0.2, 0.25) is 5.90 Å². The Morgan fingerprint density at radius 1 is 1.24 bits per heavy atom. The zero-order valence-corrected chi connectivity index (χ0v) is 12.5. The molecule has 0 atom stereocenters. The summed E-state index contributed by atoms with van der Waals surface area (Å²) in [5, 5.41) is 3.93. The molecule has 3 rings (SSSR count). The van der Waals surface area contributed by atoms with Gasteiger partial charge < -0.3 is 4.74 Å². The predicted molar refractivity (Wildman–Crippen MR) is 85.4 cm³/mol. The van der Waals surface area contributed by atoms with Gasteiger partial charge in [-0.25, -0.2) is 9.79 Å². The van der Waals surface area contributed by atoms with E-state index < -0.39 is 5.97 Å². The van der Waals surface area contributed by atoms with E-state index in [0.717, 1.165) is 24.0 Å². The molecule has 2 aromatic rings. The Hall–Kier alpha value is -2.20. The van der Waals surface area contributed by atoms with Crippen LogP contribution in [0.4, 0.5) is 0 Å². The maximum atomic E-state index is 11.9. The molecule has 3 nitrogen and oxygen atoms in total. The minimum atomic E-state index is -0.395. The van der Waals surface area contributed by atoms with Crippen LogP contribution in [0, 0.1) is 0 Å². The zero-order valence-electron chi connectivity index (χ0n) is 11.7. The third-order valence-electron chi connectivity index (χ3n) is 3.21. The summed E-state index contributed by atoms with van der Waals surface area (Å²) in [5.74, 6) is -0.0154. The van der Waals surface area contributed by atoms with Gasteiger partial charge in [0.05, 0.1) is 0 Å². The highest BCUT2D eigenvalue weighted by atomic mass is 32.1. The van der Waals surface area contributed by atoms with Crippen LogP contribution in [0.25, 0.3) is 6.08 Å². The van der Waals surface area contributed by atoms with Gasteiger partial charge in [0, 0.05) is 5.56 Å². The number of aryl methyl sites for hydroxylation is 1. The number of nitrogens with zero attached hydrogens (tertiary/aromatic N) is 1. The highest BCUT2D eigenvalue weighted by molar-refractivity contribution is 7.08. The van der Waals surface area contributed by atoms with Crippen LogP contribution in [0.1, 0.15) is 30.0 Å². The first-order valence-electron chi connectivity index (χ1n) is 6.90. The maximum absolute atomic E-state index is 11.9. The van der Waals surface area contributed by atoms with Crippen molar-refractivity contribution in [3.63, 3.8) is 0 Å². The van der Waals surface area contributed by atoms with Crippen molar-refractivity contribution in [1.82, 2.24) is 0 Å². The molecule has 0 amide bonds. The fourth-order valence-electron chi connectivity index (χ4n) is 2.15. The molecular formula is C17H15NO2S. The molecule has 1 aliphatic rings. The molecule has 0 N–H and O–H groups in total. The lowest BCUT2D eigenvalue weighted by Crippen LogP contribution is -2.05. The summed E-state index contributed by atoms with van der Waals surface area (Å²) in [6.07, 6.45) is 3.91. The van der Waals surface area contributed by atoms with Crippen LogP contribution < -0.4 is 0 Å². The monoisotopic (exact) mass is 297 g/mol. The largest absolute Gasteiger partial charge is 0.402 e. The molecule has 0 fully saturated rings. The molecule has 0 aliphatic carbocycles. The summed E-state index contributed by atoms with van der Waals surface area (Å²) in [7, 11) is 0. The van der Waals surface area contributed by atoms with Crippen LogP contribution in [-0.4, -0.2) is 11.9 Å². The van der Waals surface area contributed by atoms with Crippen LogP contribution in [0.15, 0.2) is 51.8 Å². The van der Waals surface area contributed by atoms with Gasteiger partial charge in [0.15, 0.2) is 5.70 Å². The second-order valence-electron chi connectivity index (χ2n) is 4.84. The quantitative estimate of drug-likeness (QED) is 0.631. The molecule has 0 spiro atoms. The lowest BCUT2D eigenvalue weighted by atomic mass is 10.1. The van der Waals surface area contributed by atoms with Crippen LogP contribution >= 0.6 is 11.3 Å². The van der Waals surface area contributed by atoms with E-state index in [1.54, 1.807) is 17.4 Å². The Morgan fingerprint density at radius 2 is 2.05 bits per heavy atom. The van der Waals surface area contributed by atoms with Gasteiger partial charge in [-0.15, -0.1) is 0 Å². The summed E-state index contributed by atoms with van der Waals surface area (Å²) < 4.78 is 5.25. The van der Waals surface area contributed by atoms with Gasteiger partial charge in [-0.2, -0.15) is 11.3 Å². The number of hydrogen-bond acceptors (Lipinski definition) is 4. The molecule has 0 unspecified atom stereocenters. The van der Waals surface area contributed by atoms with E-state index in [0.29, 0.717) is 11.6 Å². The summed E-state index contributed by atoms with van der Waals surface area (Å²) >= 11 is 1.58. The smallest absolute Gasteiger partial charge is 0.363 e. The highest BCUT2D eigenvalue weighted by Gasteiger charge is 2.24. The minimum absolute atomic E-state index is 0.348. The second kappa shape index (κ2) is 6.06. The molecule has 0 saturated heterocycles. The van der Waals surface area contributed by atoms with Gasteiger partial charge in [-0.1, -0.05) is 25.5 Å². The zero-order chi connectivity index (χ0) is 14.7. The molecule has 2 heterocycles. The van der Waals surface area contributed by atoms with Gasteiger partial charge in [-0.05, 0) is 52.6 Å². The Kier molecular flexibility index (Phi) is 3.97. The minimum Gasteiger partial charge on any atom is -0.402 e. The van der Waals surface area contributed by atoms with Crippen molar-refractivity contribution in [2.45, 2.75) is 19.8 Å². The first-order valence-corrected chi connectivity index (χ1v) is 7.84. The first kappa shape index (κ1) is 13.8. The summed E-state index contributed by atoms with van der Waals surface area (Å²) in [4.78, 5) is 16.2. The van der Waals surface area contributed by atoms with Crippen LogP contribution in [0.5, 0.6) is 0 Å². The molecule has 1 aliphatic heterocycles. The van der Waals surface area contributed by atoms with Crippen LogP contribution in [0.2, 0.25) is 0 Å². The van der Waals surface area contributed by atoms with Crippen molar-refractivity contribution in [3.8, 4) is 0 Å². The number of carbonyl (C=O) groups excluding carboxylic acids is 1. The third kappa shape index (κ3) is 3.11. The van der Waals surface area contributed by atoms with E-state index in [9.17, 15) is 4.79 Å². The molecule has 0 saturated carbocycles. The van der Waals surface area contributed by atoms with E-state index >= 15 is 0 Å². The molecule has 21 heavy (non-hydrogen) atoms. The Balaban J connectivity index is 1.84. The molecule has 106 valence electrons. The fourth-order valence-corrected chi connectivity index (χ4v) is 2.77. The Morgan fingerprint density at radius 3 is 2.71 bits per heavy atom. The maximum Gasteiger partial charge on any atom is 0.363 e. The molecule has 0 bridgehead atoms. The number of esters is 1. The van der Waals surface area contributed by atoms with E-state index in [2.05, 4.69) is 24.0 Å². The summed E-state index contributed by atoms with van der Waals surface area (Å²) in [6, 6.07) is 9.94. The first-order chi connectivity index (χ1) is 10.3. The van der Waals surface area contributed by atoms with E-state index in [4.69, 9.17) is 4.74 Å². The Labute approximate surface area is 127 Å². The number of hydrogen-bond donors (Lipinski definition) is 0. The lowest BCUT2D eigenvalue weighted by molar-refractivity contribution is -0.129. The SMILES string of the molecule is CCCc1ccc(C2=N/C(=C\c3ccsc3)C(=O)O2)cc1. The average Bonchev–Trinajstić information content (AvgIpc) is 3.11. The molecule has 1 aromatic carbocycles. The van der Waals surface area contributed by atoms with Crippen LogP contribution in [-0.2, 0) is 16.0 Å². The standard InChI is InChI=1S/C17H15NO2S/c1-2-3-12-4-6-14(7-5-12)16-18-15(17(19)20-16)10-13-8-9-21-11-13/h4-11H,2-3H2,1H3/b15-10-. The number of carbonyl (C=O) groups is 1. The van der Waals surface area contributed by atoms with Crippen molar-refractivity contribution in [2.75, 3.05) is 0 Å². The summed E-state index contributed by atoms with van der Waals surface area (Å²) in [6.45, 7) is 2.15. The fraction of sp³-hybridized carbons (Fsp3) is 0.176. The van der Waals surface area contributed by atoms with Crippen molar-refractivity contribution in [3.05, 3.63) is 63.5 Å². The summed E-state index contributed by atoms with van der Waals surface area (Å²) in [5.41, 5.74) is 3.42. The number of rotatable bonds is 4. The van der Waals surface area contributed by atoms with E-state index in [1.807, 2.05) is 29.0 Å². The normalized spacial score (nSPS) is 16.1. The second-order valence-corrected chi connectivity index (χ2v) is 5.62. The number of benzene rings is 1. The molecular weight excluding hydrogens is 282 g/mol. The van der Waals surface area contributed by atoms with Crippen molar-refractivity contribution in [1.29, 1.82) is 0 Å². The molecule has 4 heteroatoms. The highest BCUT2D eigenvalue weighted by Crippen LogP contribution is 2.20. The van der Waals surface area contributed by atoms with Crippen molar-refractivity contribution < 1.29 is 9.53 Å². The van der Waals surface area contributed by atoms with Gasteiger partial charge in [0.1, 0.15) is 0 Å². The molecule has 1 aromatic heterocycles. The topological polar surface area (TPSA) is 38.7 Å². The molecule has 0 radical (unpaired) electrons. The van der Waals surface area contributed by atoms with E-state index in [-0.39, 0.29) is 0 Å². The third-order valence-corrected chi connectivity index (χ3v) is 3.91. The number of aliphatic imine (C=N–C) groups is 1.